The summed E-state index contributed by atoms with van der Waals surface area (Å²) in [4.78, 5) is 165. The van der Waals surface area contributed by atoms with Gasteiger partial charge in [0, 0.05) is 152 Å². The number of esters is 11. The summed E-state index contributed by atoms with van der Waals surface area (Å²) in [5.74, 6) is -0.461. The van der Waals surface area contributed by atoms with E-state index in [1.165, 1.54) is 100 Å². The Kier molecular flexibility index (Phi) is 215. The molecule has 0 aromatic rings. The molecule has 0 aromatic carbocycles. The Hall–Kier alpha value is -7.66. The third-order valence-electron chi connectivity index (χ3n) is 15.5. The summed E-state index contributed by atoms with van der Waals surface area (Å²) in [5, 5.41) is 21.1. The molecule has 3 N–H and O–H groups in total. The predicted molar refractivity (Wildman–Crippen MR) is 590 cm³/mol. The number of ketones is 1. The molecule has 0 spiro atoms. The predicted octanol–water partition coefficient (Wildman–Crippen LogP) is 22.5. The van der Waals surface area contributed by atoms with Crippen LogP contribution in [0.2, 0.25) is 0 Å². The number of ether oxygens (including phenoxy) is 18. The van der Waals surface area contributed by atoms with Gasteiger partial charge in [-0.15, -0.1) is 0 Å². The standard InChI is InChI=1S/C8H16O2.C7H14O4.C7H16O2.C7H14O2.C7H14O.C6H12O3.C6H14O2.4C6H12O2.2C6H12OS.C5H11NO.C5H10O3.2C5H10O2.C4H8O2/c1-4-6-7(3)10-8(9)5-2;1-3-10-4-7(9)5-11-6(2)8;1-3-4-5-9-7-6-8-2;1-3-5-6-9-7(8)4-2;1-3-5-6-7(8)4-2;1-3-6(8)4-9-5(2)7;1-3-4-8-6-5-7-2;2*1-3-4-5-6(7)8-2;1-3-4-5-8-6(2)7;1-3-5-8-6(7)4-2;1-3-4-5-6(7)8-2;1-3-5-8-6(7)4-2;1-3-4-6-5(2)7;1-3-4-8-5(6)7-2;1-3-4-5(6)7-2;1-3-4-7-5(2)6;1-3-4(5)6-2/h7H,4-6H2,1-3H3;7,9H,3-5H2,1-2H3;3-7H2,1-2H3;3-6H2,1-2H3;3-6H2,1-2H3;6,8H,3-4H2,1-2H3;3-6H2,1-2H3;6*3-5H2,1-2H3;3-4H2,1-2H3,(H,6,7);3-4H2,1-2H3;2*3-4H2,1-2H3;3H2,1-2H3. The van der Waals surface area contributed by atoms with E-state index < -0.39 is 18.4 Å². The number of Topliss-reactive ketones (excluding diaryl/α,β-unsaturated/α-hetero) is 1. The van der Waals surface area contributed by atoms with Crippen molar-refractivity contribution in [2.45, 2.75) is 444 Å². The van der Waals surface area contributed by atoms with Crippen molar-refractivity contribution in [2.24, 2.45) is 0 Å². The Bertz CT molecular complexity index is 2510. The van der Waals surface area contributed by atoms with Gasteiger partial charge < -0.3 is 101 Å². The van der Waals surface area contributed by atoms with Crippen LogP contribution in [0.3, 0.4) is 0 Å². The lowest BCUT2D eigenvalue weighted by Crippen LogP contribution is -2.22. The van der Waals surface area contributed by atoms with E-state index in [1.54, 1.807) is 41.9 Å². The van der Waals surface area contributed by atoms with E-state index in [1.807, 2.05) is 89.3 Å². The topological polar surface area (TPSA) is 492 Å². The summed E-state index contributed by atoms with van der Waals surface area (Å²) in [6.07, 6.45) is 30.7. The Labute approximate surface area is 901 Å². The quantitative estimate of drug-likeness (QED) is 0.0289. The molecule has 886 valence electrons. The number of aliphatic hydroxyl groups excluding tert-OH is 2. The van der Waals surface area contributed by atoms with Crippen molar-refractivity contribution in [3.8, 4) is 0 Å². The van der Waals surface area contributed by atoms with Gasteiger partial charge in [0.05, 0.1) is 114 Å². The fraction of sp³-hybridized carbons (Fsp3) is 0.852. The molecule has 0 bridgehead atoms. The van der Waals surface area contributed by atoms with Crippen molar-refractivity contribution in [3.05, 3.63) is 0 Å². The second-order valence-corrected chi connectivity index (χ2v) is 32.2. The Balaban J connectivity index is -0.0000000750. The highest BCUT2D eigenvalue weighted by Gasteiger charge is 2.08. The molecular weight excluding hydrogens is 1950 g/mol. The number of hydrogen-bond acceptors (Lipinski definition) is 38. The lowest BCUT2D eigenvalue weighted by atomic mass is 10.1. The lowest BCUT2D eigenvalue weighted by molar-refractivity contribution is -0.148. The van der Waals surface area contributed by atoms with Crippen molar-refractivity contribution in [2.75, 3.05) is 167 Å². The maximum absolute atomic E-state index is 10.7. The molecule has 0 radical (unpaired) electrons. The molecule has 0 aliphatic rings. The number of carbonyl (C=O) groups is 16. The van der Waals surface area contributed by atoms with Crippen molar-refractivity contribution < 1.29 is 172 Å². The first-order valence-corrected chi connectivity index (χ1v) is 55.0. The average molecular weight is 2170 g/mol. The minimum Gasteiger partial charge on any atom is -0.469 e. The molecule has 147 heavy (non-hydrogen) atoms. The van der Waals surface area contributed by atoms with Gasteiger partial charge in [-0.25, -0.2) is 4.79 Å². The third-order valence-corrected chi connectivity index (χ3v) is 17.4. The highest BCUT2D eigenvalue weighted by Crippen LogP contribution is 2.07. The molecule has 37 nitrogen and oxygen atoms in total. The molecule has 3 unspecified atom stereocenters. The minimum atomic E-state index is -0.709. The van der Waals surface area contributed by atoms with Crippen LogP contribution in [0.25, 0.3) is 0 Å². The number of unbranched alkanes of at least 4 members (excludes halogenated alkanes) is 7. The molecule has 0 saturated carbocycles. The van der Waals surface area contributed by atoms with Gasteiger partial charge in [0.1, 0.15) is 25.1 Å². The number of carbonyl (C=O) groups excluding carboxylic acids is 16. The second kappa shape index (κ2) is 174. The summed E-state index contributed by atoms with van der Waals surface area (Å²) < 4.78 is 83.6. The highest BCUT2D eigenvalue weighted by molar-refractivity contribution is 8.13. The first-order valence-electron chi connectivity index (χ1n) is 52.8. The number of aliphatic hydroxyl groups is 2. The van der Waals surface area contributed by atoms with Crippen LogP contribution in [0.15, 0.2) is 0 Å². The van der Waals surface area contributed by atoms with Gasteiger partial charge in [-0.05, 0) is 123 Å². The number of nitrogens with one attached hydrogen (secondary N) is 1. The molecule has 0 aromatic heterocycles. The van der Waals surface area contributed by atoms with Gasteiger partial charge in [-0.2, -0.15) is 0 Å². The third kappa shape index (κ3) is 261. The van der Waals surface area contributed by atoms with Crippen molar-refractivity contribution in [1.29, 1.82) is 0 Å². The van der Waals surface area contributed by atoms with Crippen LogP contribution in [-0.2, 0) is 157 Å². The highest BCUT2D eigenvalue weighted by atomic mass is 32.2. The molecular formula is C108H221NO36S2. The Morgan fingerprint density at radius 1 is 0.293 bits per heavy atom. The molecule has 3 atom stereocenters. The van der Waals surface area contributed by atoms with E-state index in [4.69, 9.17) is 48.1 Å². The van der Waals surface area contributed by atoms with Gasteiger partial charge in [0.2, 0.25) is 5.91 Å². The van der Waals surface area contributed by atoms with Crippen LogP contribution in [0.5, 0.6) is 0 Å². The summed E-state index contributed by atoms with van der Waals surface area (Å²) in [5.41, 5.74) is 0. The van der Waals surface area contributed by atoms with Gasteiger partial charge in [-0.3, -0.25) is 71.9 Å². The minimum absolute atomic E-state index is 0.00926. The summed E-state index contributed by atoms with van der Waals surface area (Å²) in [7, 11) is 10.3. The van der Waals surface area contributed by atoms with Crippen molar-refractivity contribution in [3.63, 3.8) is 0 Å². The van der Waals surface area contributed by atoms with Gasteiger partial charge in [0.15, 0.2) is 10.2 Å². The fourth-order valence-corrected chi connectivity index (χ4v) is 7.97. The molecule has 1 amide bonds. The number of amides is 1. The van der Waals surface area contributed by atoms with Crippen LogP contribution in [0.1, 0.15) is 426 Å². The van der Waals surface area contributed by atoms with E-state index in [2.05, 4.69) is 108 Å². The van der Waals surface area contributed by atoms with Crippen molar-refractivity contribution in [1.82, 2.24) is 5.32 Å². The molecule has 0 saturated heterocycles. The normalized spacial score (nSPS) is 9.65. The number of hydrogen-bond donors (Lipinski definition) is 3. The van der Waals surface area contributed by atoms with E-state index >= 15 is 0 Å². The largest absolute Gasteiger partial charge is 0.507 e. The fourth-order valence-electron chi connectivity index (χ4n) is 6.99. The average Bonchev–Trinajstić information content (AvgIpc) is 1.00. The monoisotopic (exact) mass is 2170 g/mol. The first-order chi connectivity index (χ1) is 69.7. The molecule has 0 fully saturated rings. The second-order valence-electron chi connectivity index (χ2n) is 30.2. The molecule has 0 aliphatic carbocycles. The lowest BCUT2D eigenvalue weighted by Gasteiger charge is -2.10. The van der Waals surface area contributed by atoms with Crippen LogP contribution >= 0.6 is 23.5 Å². The summed E-state index contributed by atoms with van der Waals surface area (Å²) >= 11 is 2.76. The zero-order valence-corrected chi connectivity index (χ0v) is 101. The maximum atomic E-state index is 10.7. The molecule has 0 rings (SSSR count). The Morgan fingerprint density at radius 3 is 0.959 bits per heavy atom. The number of thioether (sulfide) groups is 2. The smallest absolute Gasteiger partial charge is 0.469 e. The molecule has 0 heterocycles. The van der Waals surface area contributed by atoms with E-state index in [-0.39, 0.29) is 97.5 Å². The van der Waals surface area contributed by atoms with Crippen LogP contribution in [0, 0.1) is 0 Å². The zero-order valence-electron chi connectivity index (χ0n) is 99.6. The zero-order chi connectivity index (χ0) is 118. The van der Waals surface area contributed by atoms with Crippen molar-refractivity contribution >= 4 is 117 Å². The van der Waals surface area contributed by atoms with Gasteiger partial charge in [-0.1, -0.05) is 227 Å². The molecule has 0 aliphatic heterocycles. The van der Waals surface area contributed by atoms with Crippen LogP contribution in [0.4, 0.5) is 4.79 Å². The van der Waals surface area contributed by atoms with E-state index in [0.29, 0.717) is 133 Å². The summed E-state index contributed by atoms with van der Waals surface area (Å²) in [6, 6.07) is 0. The number of rotatable bonds is 58. The Morgan fingerprint density at radius 2 is 0.660 bits per heavy atom. The van der Waals surface area contributed by atoms with Crippen LogP contribution < -0.4 is 5.32 Å². The number of methoxy groups -OCH3 is 7. The van der Waals surface area contributed by atoms with Crippen LogP contribution in [-0.4, -0.2) is 290 Å². The first kappa shape index (κ1) is 181. The van der Waals surface area contributed by atoms with E-state index in [0.717, 1.165) is 193 Å². The maximum Gasteiger partial charge on any atom is 0.507 e. The summed E-state index contributed by atoms with van der Waals surface area (Å²) in [6.45, 7) is 63.2. The van der Waals surface area contributed by atoms with E-state index in [9.17, 15) is 76.7 Å². The van der Waals surface area contributed by atoms with Gasteiger partial charge >= 0.3 is 71.8 Å². The van der Waals surface area contributed by atoms with Gasteiger partial charge in [0.25, 0.3) is 0 Å². The molecule has 39 heteroatoms. The SMILES string of the molecule is CCC(=O)OC.CCC(O)COC(C)=O.CCCC(=O)OC.CCCC(C)OC(=O)CC.CCCCC(=O)CC.CCCCC(=O)OC.CCCCC(=O)OC.CCCCC(=O)SC.CCCCOC(=O)CC.CCCCOC(C)=O.CCCCOCCOC.CCCNC(C)=O.CCCOC(=O)CC.CCCOC(=O)OC.CCCOC(C)=O.CCCOCCOC.CCCSC(=O)CC.CCOCC(O)COC(C)=O.